The zero-order chi connectivity index (χ0) is 11.8. The number of nitrogens with zero attached hydrogens (tertiary/aromatic N) is 1. The van der Waals surface area contributed by atoms with Gasteiger partial charge in [-0.15, -0.1) is 0 Å². The van der Waals surface area contributed by atoms with Crippen molar-refractivity contribution in [2.24, 2.45) is 11.8 Å². The van der Waals surface area contributed by atoms with Crippen molar-refractivity contribution in [1.29, 1.82) is 0 Å². The van der Waals surface area contributed by atoms with Crippen LogP contribution in [-0.2, 0) is 5.60 Å². The fraction of sp³-hybridized carbons (Fsp3) is 0.643. The molecular weight excluding hydrogens is 198 g/mol. The Balaban J connectivity index is 2.33. The summed E-state index contributed by atoms with van der Waals surface area (Å²) < 4.78 is 0. The summed E-state index contributed by atoms with van der Waals surface area (Å²) in [6, 6.07) is 4.01. The van der Waals surface area contributed by atoms with Gasteiger partial charge in [0.25, 0.3) is 0 Å². The molecule has 2 rings (SSSR count). The lowest BCUT2D eigenvalue weighted by molar-refractivity contribution is -0.0691. The molecule has 2 nitrogen and oxygen atoms in total. The van der Waals surface area contributed by atoms with Crippen LogP contribution in [0.2, 0.25) is 0 Å². The molecule has 0 radical (unpaired) electrons. The molecule has 1 N–H and O–H groups in total. The first-order valence-electron chi connectivity index (χ1n) is 6.19. The minimum atomic E-state index is -0.668. The average Bonchev–Trinajstić information content (AvgIpc) is 2.27. The minimum Gasteiger partial charge on any atom is -0.385 e. The van der Waals surface area contributed by atoms with E-state index >= 15 is 0 Å². The standard InChI is InChI=1S/C14H21NO/c1-10-5-4-8-14(16,12(10)3)13-7-6-11(2)15-9-13/h6-7,9-10,12,16H,4-5,8H2,1-3H3. The van der Waals surface area contributed by atoms with Gasteiger partial charge in [-0.25, -0.2) is 0 Å². The molecule has 3 atom stereocenters. The molecule has 0 bridgehead atoms. The second kappa shape index (κ2) is 4.17. The molecule has 1 heterocycles. The molecule has 0 aromatic carbocycles. The quantitative estimate of drug-likeness (QED) is 0.787. The van der Waals surface area contributed by atoms with Crippen molar-refractivity contribution in [3.8, 4) is 0 Å². The SMILES string of the molecule is Cc1ccc(C2(O)CCCC(C)C2C)cn1. The van der Waals surface area contributed by atoms with Gasteiger partial charge in [0.05, 0.1) is 5.60 Å². The second-order valence-electron chi connectivity index (χ2n) is 5.27. The van der Waals surface area contributed by atoms with Gasteiger partial charge in [-0.3, -0.25) is 4.98 Å². The fourth-order valence-electron chi connectivity index (χ4n) is 2.77. The highest BCUT2D eigenvalue weighted by Gasteiger charge is 2.41. The van der Waals surface area contributed by atoms with E-state index in [1.807, 2.05) is 25.3 Å². The smallest absolute Gasteiger partial charge is 0.0939 e. The Morgan fingerprint density at radius 3 is 2.75 bits per heavy atom. The van der Waals surface area contributed by atoms with Crippen LogP contribution >= 0.6 is 0 Å². The van der Waals surface area contributed by atoms with Crippen LogP contribution in [0.25, 0.3) is 0 Å². The van der Waals surface area contributed by atoms with E-state index in [4.69, 9.17) is 0 Å². The first kappa shape index (κ1) is 11.6. The van der Waals surface area contributed by atoms with Crippen LogP contribution in [0.3, 0.4) is 0 Å². The molecule has 0 saturated heterocycles. The predicted molar refractivity (Wildman–Crippen MR) is 65.0 cm³/mol. The first-order valence-corrected chi connectivity index (χ1v) is 6.19. The molecule has 3 unspecified atom stereocenters. The largest absolute Gasteiger partial charge is 0.385 e. The van der Waals surface area contributed by atoms with Crippen molar-refractivity contribution in [3.63, 3.8) is 0 Å². The molecule has 0 spiro atoms. The Morgan fingerprint density at radius 1 is 1.38 bits per heavy atom. The Morgan fingerprint density at radius 2 is 2.12 bits per heavy atom. The highest BCUT2D eigenvalue weighted by Crippen LogP contribution is 2.44. The first-order chi connectivity index (χ1) is 7.54. The summed E-state index contributed by atoms with van der Waals surface area (Å²) in [6.07, 6.45) is 5.03. The van der Waals surface area contributed by atoms with E-state index < -0.39 is 5.60 Å². The van der Waals surface area contributed by atoms with Gasteiger partial charge >= 0.3 is 0 Å². The van der Waals surface area contributed by atoms with Crippen LogP contribution in [0.1, 0.15) is 44.4 Å². The van der Waals surface area contributed by atoms with Gasteiger partial charge in [0.1, 0.15) is 0 Å². The van der Waals surface area contributed by atoms with Crippen LogP contribution in [-0.4, -0.2) is 10.1 Å². The summed E-state index contributed by atoms with van der Waals surface area (Å²) >= 11 is 0. The molecule has 1 aliphatic rings. The van der Waals surface area contributed by atoms with Gasteiger partial charge in [-0.1, -0.05) is 26.3 Å². The van der Waals surface area contributed by atoms with Crippen LogP contribution in [0.4, 0.5) is 0 Å². The number of aromatic nitrogens is 1. The third kappa shape index (κ3) is 1.86. The van der Waals surface area contributed by atoms with E-state index in [0.29, 0.717) is 11.8 Å². The van der Waals surface area contributed by atoms with Crippen molar-refractivity contribution in [2.75, 3.05) is 0 Å². The lowest BCUT2D eigenvalue weighted by atomic mass is 9.68. The van der Waals surface area contributed by atoms with Gasteiger partial charge in [-0.2, -0.15) is 0 Å². The normalized spacial score (nSPS) is 35.0. The molecule has 88 valence electrons. The molecule has 1 fully saturated rings. The molecule has 1 aliphatic carbocycles. The molecule has 0 amide bonds. The zero-order valence-electron chi connectivity index (χ0n) is 10.4. The number of rotatable bonds is 1. The molecule has 1 saturated carbocycles. The third-order valence-electron chi connectivity index (χ3n) is 4.24. The van der Waals surface area contributed by atoms with E-state index in [1.165, 1.54) is 6.42 Å². The van der Waals surface area contributed by atoms with Crippen molar-refractivity contribution in [2.45, 2.75) is 45.6 Å². The monoisotopic (exact) mass is 219 g/mol. The molecule has 16 heavy (non-hydrogen) atoms. The van der Waals surface area contributed by atoms with Gasteiger partial charge in [0, 0.05) is 17.5 Å². The molecule has 1 aromatic heterocycles. The van der Waals surface area contributed by atoms with Crippen molar-refractivity contribution in [3.05, 3.63) is 29.6 Å². The predicted octanol–water partition coefficient (Wildman–Crippen LogP) is 3.03. The maximum absolute atomic E-state index is 10.8. The summed E-state index contributed by atoms with van der Waals surface area (Å²) in [6.45, 7) is 6.36. The van der Waals surface area contributed by atoms with Crippen molar-refractivity contribution in [1.82, 2.24) is 4.98 Å². The Kier molecular flexibility index (Phi) is 3.02. The molecule has 2 heteroatoms. The maximum atomic E-state index is 10.8. The Hall–Kier alpha value is -0.890. The zero-order valence-corrected chi connectivity index (χ0v) is 10.4. The van der Waals surface area contributed by atoms with E-state index in [1.54, 1.807) is 0 Å². The van der Waals surface area contributed by atoms with E-state index in [9.17, 15) is 5.11 Å². The van der Waals surface area contributed by atoms with Crippen LogP contribution in [0.15, 0.2) is 18.3 Å². The molecule has 0 aliphatic heterocycles. The number of aryl methyl sites for hydroxylation is 1. The molecule has 1 aromatic rings. The Bertz CT molecular complexity index is 360. The van der Waals surface area contributed by atoms with Crippen LogP contribution in [0.5, 0.6) is 0 Å². The third-order valence-corrected chi connectivity index (χ3v) is 4.24. The summed E-state index contributed by atoms with van der Waals surface area (Å²) in [4.78, 5) is 4.30. The minimum absolute atomic E-state index is 0.311. The summed E-state index contributed by atoms with van der Waals surface area (Å²) in [7, 11) is 0. The van der Waals surface area contributed by atoms with Gasteiger partial charge in [0.15, 0.2) is 0 Å². The highest BCUT2D eigenvalue weighted by molar-refractivity contribution is 5.22. The van der Waals surface area contributed by atoms with Crippen molar-refractivity contribution < 1.29 is 5.11 Å². The van der Waals surface area contributed by atoms with E-state index in [-0.39, 0.29) is 0 Å². The van der Waals surface area contributed by atoms with E-state index in [2.05, 4.69) is 18.8 Å². The van der Waals surface area contributed by atoms with Crippen LogP contribution in [0, 0.1) is 18.8 Å². The highest BCUT2D eigenvalue weighted by atomic mass is 16.3. The van der Waals surface area contributed by atoms with Gasteiger partial charge < -0.3 is 5.11 Å². The summed E-state index contributed by atoms with van der Waals surface area (Å²) in [5.74, 6) is 0.894. The number of aliphatic hydroxyl groups is 1. The lowest BCUT2D eigenvalue weighted by Gasteiger charge is -2.42. The van der Waals surface area contributed by atoms with Crippen molar-refractivity contribution >= 4 is 0 Å². The number of hydrogen-bond donors (Lipinski definition) is 1. The van der Waals surface area contributed by atoms with Crippen LogP contribution < -0.4 is 0 Å². The topological polar surface area (TPSA) is 33.1 Å². The van der Waals surface area contributed by atoms with Gasteiger partial charge in [0.2, 0.25) is 0 Å². The fourth-order valence-corrected chi connectivity index (χ4v) is 2.77. The maximum Gasteiger partial charge on any atom is 0.0939 e. The van der Waals surface area contributed by atoms with Gasteiger partial charge in [-0.05, 0) is 37.7 Å². The molecular formula is C14H21NO. The summed E-state index contributed by atoms with van der Waals surface area (Å²) in [5.41, 5.74) is 1.32. The second-order valence-corrected chi connectivity index (χ2v) is 5.27. The lowest BCUT2D eigenvalue weighted by Crippen LogP contribution is -2.40. The number of hydrogen-bond acceptors (Lipinski definition) is 2. The van der Waals surface area contributed by atoms with E-state index in [0.717, 1.165) is 24.1 Å². The Labute approximate surface area is 97.7 Å². The average molecular weight is 219 g/mol. The number of pyridine rings is 1. The summed E-state index contributed by atoms with van der Waals surface area (Å²) in [5, 5.41) is 10.8.